The Morgan fingerprint density at radius 1 is 0.759 bits per heavy atom. The Balaban J connectivity index is 2.70. The molecule has 0 aliphatic heterocycles. The Kier molecular flexibility index (Phi) is 16.7. The van der Waals surface area contributed by atoms with Crippen molar-refractivity contribution in [3.63, 3.8) is 0 Å². The summed E-state index contributed by atoms with van der Waals surface area (Å²) in [5.74, 6) is -3.40. The molecule has 1 unspecified atom stereocenters. The maximum Gasteiger partial charge on any atom is 0.243 e. The lowest BCUT2D eigenvalue weighted by atomic mass is 9.11. The Morgan fingerprint density at radius 2 is 1.24 bits per heavy atom. The lowest BCUT2D eigenvalue weighted by molar-refractivity contribution is -0.132. The molecule has 2 aromatic rings. The molecule has 266 valence electrons. The number of benzene rings is 2. The van der Waals surface area contributed by atoms with E-state index in [1.807, 2.05) is 0 Å². The van der Waals surface area contributed by atoms with Crippen LogP contribution >= 0.6 is 0 Å². The fraction of sp³-hybridized carbons (Fsp3) is 0.484. The van der Waals surface area contributed by atoms with Gasteiger partial charge >= 0.3 is 0 Å². The molecule has 0 fully saturated rings. The standard InChI is InChI=1S/C31H33B15N8O4/c1-10-6-12(55)7-11(2)13(10)8-15(53-23(56)14(47)4-3-5-51-26(48)49)24(57)54-22(28(39,40)29(41,42)30(43,44)31(45,46)50)25(58)52-9-27(37,38)16-17(32)19(34)21(36)20(35)18(16)33/h6-7,14-15,22,55H,3-5,8-9,47,50H2,1-2H3,(H,52,58)(H,53,56)(H,54,57)(H4,48,49,51)/t14-,15+,22?/m1/s1. The van der Waals surface area contributed by atoms with Gasteiger partial charge in [0.05, 0.1) is 90.5 Å². The number of guanidine groups is 1. The Hall–Kier alpha value is -3.19. The molecule has 0 saturated heterocycles. The van der Waals surface area contributed by atoms with E-state index in [0.29, 0.717) is 23.1 Å². The highest BCUT2D eigenvalue weighted by molar-refractivity contribution is 6.68. The molecule has 3 atom stereocenters. The van der Waals surface area contributed by atoms with Gasteiger partial charge in [0.25, 0.3) is 0 Å². The summed E-state index contributed by atoms with van der Waals surface area (Å²) in [7, 11) is 92.4. The number of carbonyl (C=O) groups excluding carboxylic acids is 3. The number of amides is 3. The second-order valence-electron chi connectivity index (χ2n) is 14.6. The number of nitrogens with two attached hydrogens (primary N) is 4. The average molecular weight is 744 g/mol. The van der Waals surface area contributed by atoms with Crippen molar-refractivity contribution in [3.8, 4) is 5.75 Å². The molecule has 12 N–H and O–H groups in total. The molecule has 12 nitrogen and oxygen atoms in total. The van der Waals surface area contributed by atoms with Gasteiger partial charge in [-0.25, -0.2) is 0 Å². The molecular weight excluding hydrogens is 711 g/mol. The second kappa shape index (κ2) is 19.0. The predicted octanol–water partition coefficient (Wildman–Crippen LogP) is -10.5. The average Bonchev–Trinajstić information content (AvgIpc) is 3.09. The first kappa shape index (κ1) is 51.0. The largest absolute Gasteiger partial charge is 0.508 e. The number of phenols is 1. The number of rotatable bonds is 18. The summed E-state index contributed by atoms with van der Waals surface area (Å²) in [5.41, 5.74) is 23.0. The molecule has 58 heavy (non-hydrogen) atoms. The fourth-order valence-electron chi connectivity index (χ4n) is 6.01. The molecule has 3 amide bonds. The van der Waals surface area contributed by atoms with Crippen molar-refractivity contribution >= 4 is 169 Å². The van der Waals surface area contributed by atoms with Crippen LogP contribution in [0.4, 0.5) is 0 Å². The summed E-state index contributed by atoms with van der Waals surface area (Å²) < 4.78 is 0. The van der Waals surface area contributed by atoms with Gasteiger partial charge in [0, 0.05) is 19.5 Å². The highest BCUT2D eigenvalue weighted by Gasteiger charge is 2.54. The van der Waals surface area contributed by atoms with Crippen LogP contribution in [0.25, 0.3) is 0 Å². The van der Waals surface area contributed by atoms with Crippen molar-refractivity contribution in [2.24, 2.45) is 27.9 Å². The van der Waals surface area contributed by atoms with Gasteiger partial charge in [0.2, 0.25) is 17.7 Å². The molecule has 0 aromatic heterocycles. The first-order chi connectivity index (χ1) is 26.2. The highest BCUT2D eigenvalue weighted by Crippen LogP contribution is 2.60. The van der Waals surface area contributed by atoms with E-state index in [2.05, 4.69) is 20.9 Å². The fourth-order valence-corrected chi connectivity index (χ4v) is 6.01. The Labute approximate surface area is 361 Å². The summed E-state index contributed by atoms with van der Waals surface area (Å²) in [4.78, 5) is 45.9. The van der Waals surface area contributed by atoms with Crippen LogP contribution in [0.5, 0.6) is 5.75 Å². The molecule has 0 saturated carbocycles. The minimum atomic E-state index is -2.94. The van der Waals surface area contributed by atoms with Crippen LogP contribution in [-0.4, -0.2) is 183 Å². The van der Waals surface area contributed by atoms with Crippen molar-refractivity contribution in [1.82, 2.24) is 16.0 Å². The number of nitrogens with one attached hydrogen (secondary N) is 3. The normalized spacial score (nSPS) is 14.1. The van der Waals surface area contributed by atoms with E-state index in [-0.39, 0.29) is 64.0 Å². The van der Waals surface area contributed by atoms with Crippen molar-refractivity contribution in [3.05, 3.63) is 34.4 Å². The molecule has 0 heterocycles. The van der Waals surface area contributed by atoms with Gasteiger partial charge in [-0.1, -0.05) is 21.3 Å². The number of nitrogens with zero attached hydrogens (tertiary/aromatic N) is 1. The van der Waals surface area contributed by atoms with Crippen LogP contribution in [0.1, 0.15) is 35.1 Å². The third kappa shape index (κ3) is 11.1. The van der Waals surface area contributed by atoms with Crippen molar-refractivity contribution < 1.29 is 19.5 Å². The van der Waals surface area contributed by atoms with Gasteiger partial charge in [-0.2, -0.15) is 0 Å². The second-order valence-corrected chi connectivity index (χ2v) is 14.6. The Morgan fingerprint density at radius 3 is 1.71 bits per heavy atom. The molecule has 2 aromatic carbocycles. The maximum absolute atomic E-state index is 14.4. The first-order valence-electron chi connectivity index (χ1n) is 17.4. The van der Waals surface area contributed by atoms with Crippen LogP contribution in [-0.2, 0) is 26.0 Å². The van der Waals surface area contributed by atoms with Gasteiger partial charge < -0.3 is 44.0 Å². The number of carbonyl (C=O) groups is 3. The minimum Gasteiger partial charge on any atom is -0.508 e. The predicted molar refractivity (Wildman–Crippen MR) is 244 cm³/mol. The topological polar surface area (TPSA) is 224 Å². The van der Waals surface area contributed by atoms with Crippen LogP contribution in [0.2, 0.25) is 15.6 Å². The molecule has 0 bridgehead atoms. The zero-order valence-electron chi connectivity index (χ0n) is 32.5. The summed E-state index contributed by atoms with van der Waals surface area (Å²) in [6.45, 7) is 2.72. The zero-order chi connectivity index (χ0) is 45.1. The van der Waals surface area contributed by atoms with Crippen molar-refractivity contribution in [2.45, 2.75) is 77.4 Å². The molecule has 0 aliphatic carbocycles. The number of aliphatic imine (C=N–C) groups is 1. The van der Waals surface area contributed by atoms with E-state index in [9.17, 15) is 19.5 Å². The summed E-state index contributed by atoms with van der Waals surface area (Å²) in [6.07, 6.45) is 0.137. The van der Waals surface area contributed by atoms with Crippen LogP contribution in [0.3, 0.4) is 0 Å². The highest BCUT2D eigenvalue weighted by atomic mass is 16.3. The SMILES string of the molecule is [B]c1c([B])c([B])c(C([B])([B])CNC(=O)C(NC(=O)[C@H](Cc2c(C)cc(O)cc2C)NC(=O)[C@H](N)CCCN=C(N)N)C([B])([B])C([B])([B])C([B])([B])C([B])([B])N)c([B])c1[B]. The number of aromatic hydroxyl groups is 1. The third-order valence-electron chi connectivity index (χ3n) is 9.89. The molecule has 0 aliphatic rings. The van der Waals surface area contributed by atoms with Gasteiger partial charge in [0.15, 0.2) is 5.96 Å². The monoisotopic (exact) mass is 746 g/mol. The third-order valence-corrected chi connectivity index (χ3v) is 9.89. The van der Waals surface area contributed by atoms with E-state index in [0.717, 1.165) is 0 Å². The Bertz CT molecular complexity index is 1860. The van der Waals surface area contributed by atoms with Crippen LogP contribution < -0.4 is 66.2 Å². The number of aryl methyl sites for hydroxylation is 2. The van der Waals surface area contributed by atoms with E-state index in [1.54, 1.807) is 13.8 Å². The van der Waals surface area contributed by atoms with Crippen molar-refractivity contribution in [2.75, 3.05) is 13.1 Å². The summed E-state index contributed by atoms with van der Waals surface area (Å²) in [5, 5.41) is 3.98. The maximum atomic E-state index is 14.4. The van der Waals surface area contributed by atoms with E-state index in [1.165, 1.54) is 12.1 Å². The lowest BCUT2D eigenvalue weighted by Gasteiger charge is -2.63. The molecular formula is C31H33B15N8O4. The number of phenolic OH excluding ortho intramolecular Hbond substituents is 1. The van der Waals surface area contributed by atoms with Crippen LogP contribution in [0.15, 0.2) is 17.1 Å². The van der Waals surface area contributed by atoms with E-state index in [4.69, 9.17) is 141 Å². The first-order valence-corrected chi connectivity index (χ1v) is 17.4. The molecule has 27 heteroatoms. The molecule has 2 rings (SSSR count). The molecule has 0 spiro atoms. The summed E-state index contributed by atoms with van der Waals surface area (Å²) >= 11 is 0. The van der Waals surface area contributed by atoms with E-state index >= 15 is 0 Å². The minimum absolute atomic E-state index is 0.0619. The number of hydrogen-bond donors (Lipinski definition) is 8. The molecule has 30 radical (unpaired) electrons. The smallest absolute Gasteiger partial charge is 0.243 e. The zero-order valence-corrected chi connectivity index (χ0v) is 32.5. The van der Waals surface area contributed by atoms with Crippen LogP contribution in [0, 0.1) is 13.8 Å². The van der Waals surface area contributed by atoms with Gasteiger partial charge in [-0.05, 0) is 55.5 Å². The van der Waals surface area contributed by atoms with Gasteiger partial charge in [-0.3, -0.25) is 19.4 Å². The van der Waals surface area contributed by atoms with Gasteiger partial charge in [0.1, 0.15) is 51.0 Å². The summed E-state index contributed by atoms with van der Waals surface area (Å²) in [6, 6.07) is -2.13. The quantitative estimate of drug-likeness (QED) is 0.0316. The van der Waals surface area contributed by atoms with Crippen molar-refractivity contribution in [1.29, 1.82) is 0 Å². The van der Waals surface area contributed by atoms with E-state index < -0.39 is 68.6 Å². The lowest BCUT2D eigenvalue weighted by Crippen LogP contribution is -2.67. The number of hydrogen-bond acceptors (Lipinski definition) is 7. The van der Waals surface area contributed by atoms with Gasteiger partial charge in [-0.15, -0.1) is 37.7 Å².